The minimum Gasteiger partial charge on any atom is -0.504 e. The normalized spacial score (nSPS) is 9.89. The van der Waals surface area contributed by atoms with Gasteiger partial charge < -0.3 is 15.5 Å². The standard InChI is InChI=1S/C15H14N2O2/c1-10-4-2-6-13(12(10)8-16)17-9-11-5-3-7-14(18)15(11)19/h2-7,17-19H,9H2,1H3. The summed E-state index contributed by atoms with van der Waals surface area (Å²) in [6.45, 7) is 2.20. The van der Waals surface area contributed by atoms with Gasteiger partial charge >= 0.3 is 0 Å². The number of phenols is 2. The molecule has 0 fully saturated rings. The molecule has 0 heterocycles. The van der Waals surface area contributed by atoms with Gasteiger partial charge in [0.2, 0.25) is 0 Å². The van der Waals surface area contributed by atoms with Gasteiger partial charge in [-0.15, -0.1) is 0 Å². The summed E-state index contributed by atoms with van der Waals surface area (Å²) >= 11 is 0. The van der Waals surface area contributed by atoms with Crippen molar-refractivity contribution in [3.05, 3.63) is 53.1 Å². The van der Waals surface area contributed by atoms with E-state index in [1.54, 1.807) is 12.1 Å². The highest BCUT2D eigenvalue weighted by molar-refractivity contribution is 5.61. The molecule has 0 unspecified atom stereocenters. The number of nitrogens with zero attached hydrogens (tertiary/aromatic N) is 1. The lowest BCUT2D eigenvalue weighted by Gasteiger charge is -2.11. The molecule has 0 aliphatic carbocycles. The van der Waals surface area contributed by atoms with Gasteiger partial charge in [0.25, 0.3) is 0 Å². The van der Waals surface area contributed by atoms with Crippen molar-refractivity contribution >= 4 is 5.69 Å². The van der Waals surface area contributed by atoms with Crippen LogP contribution in [0.4, 0.5) is 5.69 Å². The van der Waals surface area contributed by atoms with E-state index < -0.39 is 0 Å². The molecule has 0 aliphatic rings. The van der Waals surface area contributed by atoms with Crippen LogP contribution >= 0.6 is 0 Å². The molecular weight excluding hydrogens is 240 g/mol. The maximum atomic E-state index is 9.70. The van der Waals surface area contributed by atoms with Gasteiger partial charge in [0.15, 0.2) is 11.5 Å². The van der Waals surface area contributed by atoms with E-state index in [4.69, 9.17) is 5.26 Å². The third-order valence-electron chi connectivity index (χ3n) is 2.95. The second kappa shape index (κ2) is 5.32. The van der Waals surface area contributed by atoms with Crippen molar-refractivity contribution in [3.8, 4) is 17.6 Å². The van der Waals surface area contributed by atoms with E-state index in [-0.39, 0.29) is 11.5 Å². The Kier molecular flexibility index (Phi) is 3.58. The zero-order valence-electron chi connectivity index (χ0n) is 10.5. The Morgan fingerprint density at radius 2 is 1.89 bits per heavy atom. The molecule has 0 aliphatic heterocycles. The minimum atomic E-state index is -0.149. The molecule has 2 rings (SSSR count). The Morgan fingerprint density at radius 3 is 2.63 bits per heavy atom. The summed E-state index contributed by atoms with van der Waals surface area (Å²) in [5.74, 6) is -0.287. The molecule has 2 aromatic carbocycles. The summed E-state index contributed by atoms with van der Waals surface area (Å²) in [6.07, 6.45) is 0. The van der Waals surface area contributed by atoms with E-state index in [0.717, 1.165) is 5.56 Å². The molecule has 0 aromatic heterocycles. The van der Waals surface area contributed by atoms with Crippen molar-refractivity contribution in [2.24, 2.45) is 0 Å². The molecule has 0 bridgehead atoms. The van der Waals surface area contributed by atoms with Crippen molar-refractivity contribution in [1.82, 2.24) is 0 Å². The molecular formula is C15H14N2O2. The fraction of sp³-hybridized carbons (Fsp3) is 0.133. The molecule has 0 saturated carbocycles. The molecule has 19 heavy (non-hydrogen) atoms. The molecule has 4 nitrogen and oxygen atoms in total. The second-order valence-corrected chi connectivity index (χ2v) is 4.25. The Bertz CT molecular complexity index is 645. The number of aromatic hydroxyl groups is 2. The quantitative estimate of drug-likeness (QED) is 0.736. The van der Waals surface area contributed by atoms with E-state index in [1.165, 1.54) is 6.07 Å². The Hall–Kier alpha value is -2.67. The number of rotatable bonds is 3. The van der Waals surface area contributed by atoms with Crippen molar-refractivity contribution in [2.45, 2.75) is 13.5 Å². The average molecular weight is 254 g/mol. The smallest absolute Gasteiger partial charge is 0.162 e. The van der Waals surface area contributed by atoms with Crippen LogP contribution in [0.5, 0.6) is 11.5 Å². The molecule has 0 saturated heterocycles. The molecule has 3 N–H and O–H groups in total. The number of aryl methyl sites for hydroxylation is 1. The number of hydrogen-bond acceptors (Lipinski definition) is 4. The molecule has 0 amide bonds. The fourth-order valence-electron chi connectivity index (χ4n) is 1.87. The van der Waals surface area contributed by atoms with E-state index >= 15 is 0 Å². The predicted molar refractivity (Wildman–Crippen MR) is 73.0 cm³/mol. The van der Waals surface area contributed by atoms with Gasteiger partial charge in [-0.2, -0.15) is 5.26 Å². The molecule has 0 spiro atoms. The monoisotopic (exact) mass is 254 g/mol. The first-order chi connectivity index (χ1) is 9.13. The van der Waals surface area contributed by atoms with Crippen LogP contribution < -0.4 is 5.32 Å². The number of nitrogens with one attached hydrogen (secondary N) is 1. The van der Waals surface area contributed by atoms with Gasteiger partial charge in [0.1, 0.15) is 6.07 Å². The number of benzene rings is 2. The summed E-state index contributed by atoms with van der Waals surface area (Å²) in [5, 5.41) is 31.3. The zero-order valence-corrected chi connectivity index (χ0v) is 10.5. The van der Waals surface area contributed by atoms with Gasteiger partial charge in [-0.1, -0.05) is 24.3 Å². The zero-order chi connectivity index (χ0) is 13.8. The van der Waals surface area contributed by atoms with Crippen molar-refractivity contribution < 1.29 is 10.2 Å². The van der Waals surface area contributed by atoms with Crippen molar-refractivity contribution in [1.29, 1.82) is 5.26 Å². The van der Waals surface area contributed by atoms with Crippen LogP contribution in [0, 0.1) is 18.3 Å². The number of hydrogen-bond donors (Lipinski definition) is 3. The lowest BCUT2D eigenvalue weighted by molar-refractivity contribution is 0.400. The predicted octanol–water partition coefficient (Wildman–Crippen LogP) is 2.89. The first-order valence-electron chi connectivity index (χ1n) is 5.87. The second-order valence-electron chi connectivity index (χ2n) is 4.25. The number of para-hydroxylation sites is 1. The van der Waals surface area contributed by atoms with E-state index in [9.17, 15) is 10.2 Å². The molecule has 0 radical (unpaired) electrons. The van der Waals surface area contributed by atoms with Crippen molar-refractivity contribution in [3.63, 3.8) is 0 Å². The molecule has 96 valence electrons. The Morgan fingerprint density at radius 1 is 1.16 bits per heavy atom. The largest absolute Gasteiger partial charge is 0.504 e. The summed E-state index contributed by atoms with van der Waals surface area (Å²) in [6, 6.07) is 12.5. The fourth-order valence-corrected chi connectivity index (χ4v) is 1.87. The van der Waals surface area contributed by atoms with E-state index in [2.05, 4.69) is 11.4 Å². The summed E-state index contributed by atoms with van der Waals surface area (Å²) < 4.78 is 0. The highest BCUT2D eigenvalue weighted by Crippen LogP contribution is 2.29. The highest BCUT2D eigenvalue weighted by atomic mass is 16.3. The number of phenolic OH excluding ortho intramolecular Hbond substituents is 2. The average Bonchev–Trinajstić information content (AvgIpc) is 2.40. The maximum Gasteiger partial charge on any atom is 0.162 e. The van der Waals surface area contributed by atoms with Crippen LogP contribution in [0.2, 0.25) is 0 Å². The first-order valence-corrected chi connectivity index (χ1v) is 5.87. The summed E-state index contributed by atoms with van der Waals surface area (Å²) in [5.41, 5.74) is 2.77. The van der Waals surface area contributed by atoms with Crippen molar-refractivity contribution in [2.75, 3.05) is 5.32 Å². The molecule has 0 atom stereocenters. The molecule has 2 aromatic rings. The van der Waals surface area contributed by atoms with Gasteiger partial charge in [-0.05, 0) is 24.6 Å². The first kappa shape index (κ1) is 12.8. The summed E-state index contributed by atoms with van der Waals surface area (Å²) in [7, 11) is 0. The van der Waals surface area contributed by atoms with E-state index in [1.807, 2.05) is 25.1 Å². The lowest BCUT2D eigenvalue weighted by atomic mass is 10.1. The van der Waals surface area contributed by atoms with E-state index in [0.29, 0.717) is 23.4 Å². The number of anilines is 1. The number of nitriles is 1. The Labute approximate surface area is 111 Å². The van der Waals surface area contributed by atoms with Crippen LogP contribution in [-0.4, -0.2) is 10.2 Å². The highest BCUT2D eigenvalue weighted by Gasteiger charge is 2.08. The maximum absolute atomic E-state index is 9.70. The third kappa shape index (κ3) is 2.61. The lowest BCUT2D eigenvalue weighted by Crippen LogP contribution is -2.02. The summed E-state index contributed by atoms with van der Waals surface area (Å²) in [4.78, 5) is 0. The van der Waals surface area contributed by atoms with Crippen LogP contribution in [-0.2, 0) is 6.54 Å². The minimum absolute atomic E-state index is 0.138. The van der Waals surface area contributed by atoms with Gasteiger partial charge in [-0.3, -0.25) is 0 Å². The topological polar surface area (TPSA) is 76.3 Å². The third-order valence-corrected chi connectivity index (χ3v) is 2.95. The van der Waals surface area contributed by atoms with Gasteiger partial charge in [0.05, 0.1) is 11.3 Å². The molecule has 4 heteroatoms. The van der Waals surface area contributed by atoms with Crippen LogP contribution in [0.25, 0.3) is 0 Å². The Balaban J connectivity index is 2.22. The van der Waals surface area contributed by atoms with Gasteiger partial charge in [0, 0.05) is 12.1 Å². The SMILES string of the molecule is Cc1cccc(NCc2cccc(O)c2O)c1C#N. The van der Waals surface area contributed by atoms with Gasteiger partial charge in [-0.25, -0.2) is 0 Å². The van der Waals surface area contributed by atoms with Crippen LogP contribution in [0.1, 0.15) is 16.7 Å². The van der Waals surface area contributed by atoms with Crippen LogP contribution in [0.15, 0.2) is 36.4 Å². The van der Waals surface area contributed by atoms with Crippen LogP contribution in [0.3, 0.4) is 0 Å².